The number of nitrogens with two attached hydrogens (primary N) is 2. The van der Waals surface area contributed by atoms with Crippen molar-refractivity contribution in [1.29, 1.82) is 0 Å². The van der Waals surface area contributed by atoms with Gasteiger partial charge in [0.15, 0.2) is 5.96 Å². The van der Waals surface area contributed by atoms with Gasteiger partial charge in [-0.15, -0.1) is 0 Å². The van der Waals surface area contributed by atoms with Crippen molar-refractivity contribution in [3.05, 3.63) is 23.8 Å². The highest BCUT2D eigenvalue weighted by Gasteiger charge is 2.46. The smallest absolute Gasteiger partial charge is 0.329 e. The van der Waals surface area contributed by atoms with Gasteiger partial charge in [-0.25, -0.2) is 13.2 Å². The summed E-state index contributed by atoms with van der Waals surface area (Å²) >= 11 is 0. The Kier molecular flexibility index (Phi) is 8.26. The lowest BCUT2D eigenvalue weighted by atomic mass is 9.87. The Bertz CT molecular complexity index is 1090. The molecule has 35 heavy (non-hydrogen) atoms. The number of benzene rings is 1. The standard InChI is InChI=1S/C23H36N6O5S/c1-15-13-16-7-5-9-18(19(16)27-14-15)35(33,34)28-17(8-6-11-26-22(24)25)20(30)29-12-4-3-10-23(29,2)21(31)32/h5,7,9,15,17,27-28H,3-4,6,8,10-14H2,1-2H3,(H,31,32)(H4,24,25,26)/t15?,17?,23-/m1/s1. The van der Waals surface area contributed by atoms with Crippen molar-refractivity contribution in [2.45, 2.75) is 68.8 Å². The number of carbonyl (C=O) groups is 2. The SMILES string of the molecule is CC1CNc2c(cccc2S(=O)(=O)NC(CCCN=C(N)N)C(=O)N2CCCC[C@]2(C)C(=O)O)C1. The lowest BCUT2D eigenvalue weighted by Gasteiger charge is -2.43. The molecule has 3 atom stereocenters. The maximum absolute atomic E-state index is 13.6. The Morgan fingerprint density at radius 1 is 1.34 bits per heavy atom. The van der Waals surface area contributed by atoms with E-state index in [0.717, 1.165) is 12.0 Å². The predicted molar refractivity (Wildman–Crippen MR) is 133 cm³/mol. The number of sulfonamides is 1. The highest BCUT2D eigenvalue weighted by molar-refractivity contribution is 7.89. The van der Waals surface area contributed by atoms with Crippen molar-refractivity contribution in [2.24, 2.45) is 22.4 Å². The van der Waals surface area contributed by atoms with Gasteiger partial charge in [0.2, 0.25) is 15.9 Å². The number of hydrogen-bond donors (Lipinski definition) is 5. The number of hydrogen-bond acceptors (Lipinski definition) is 6. The number of aliphatic imine (C=N–C) groups is 1. The molecule has 0 aliphatic carbocycles. The molecule has 1 amide bonds. The molecule has 1 aromatic rings. The quantitative estimate of drug-likeness (QED) is 0.185. The lowest BCUT2D eigenvalue weighted by Crippen LogP contribution is -2.61. The van der Waals surface area contributed by atoms with Crippen LogP contribution in [0.1, 0.15) is 51.5 Å². The first kappa shape index (κ1) is 26.7. The monoisotopic (exact) mass is 508 g/mol. The molecule has 0 saturated carbocycles. The van der Waals surface area contributed by atoms with Crippen LogP contribution in [-0.4, -0.2) is 67.5 Å². The molecule has 2 heterocycles. The normalized spacial score (nSPS) is 23.0. The van der Waals surface area contributed by atoms with Crippen molar-refractivity contribution in [2.75, 3.05) is 25.0 Å². The third kappa shape index (κ3) is 6.04. The van der Waals surface area contributed by atoms with Crippen LogP contribution in [0, 0.1) is 5.92 Å². The zero-order chi connectivity index (χ0) is 25.8. The van der Waals surface area contributed by atoms with Crippen LogP contribution in [0.2, 0.25) is 0 Å². The number of nitrogens with zero attached hydrogens (tertiary/aromatic N) is 2. The number of rotatable bonds is 9. The summed E-state index contributed by atoms with van der Waals surface area (Å²) in [5, 5.41) is 13.1. The molecular formula is C23H36N6O5S. The highest BCUT2D eigenvalue weighted by Crippen LogP contribution is 2.32. The van der Waals surface area contributed by atoms with Gasteiger partial charge in [-0.3, -0.25) is 9.79 Å². The van der Waals surface area contributed by atoms with Gasteiger partial charge in [0, 0.05) is 19.6 Å². The van der Waals surface area contributed by atoms with Gasteiger partial charge in [-0.05, 0) is 63.0 Å². The Morgan fingerprint density at radius 3 is 2.77 bits per heavy atom. The molecule has 3 rings (SSSR count). The predicted octanol–water partition coefficient (Wildman–Crippen LogP) is 0.847. The maximum Gasteiger partial charge on any atom is 0.329 e. The second-order valence-electron chi connectivity index (χ2n) is 9.63. The largest absolute Gasteiger partial charge is 0.480 e. The van der Waals surface area contributed by atoms with E-state index in [1.54, 1.807) is 6.07 Å². The van der Waals surface area contributed by atoms with E-state index >= 15 is 0 Å². The molecule has 0 spiro atoms. The van der Waals surface area contributed by atoms with E-state index in [9.17, 15) is 23.1 Å². The van der Waals surface area contributed by atoms with Gasteiger partial charge in [0.05, 0.1) is 5.69 Å². The number of anilines is 1. The van der Waals surface area contributed by atoms with Crippen LogP contribution in [0.3, 0.4) is 0 Å². The fourth-order valence-electron chi connectivity index (χ4n) is 4.77. The summed E-state index contributed by atoms with van der Waals surface area (Å²) in [7, 11) is -4.11. The number of nitrogens with one attached hydrogen (secondary N) is 2. The summed E-state index contributed by atoms with van der Waals surface area (Å²) in [5.41, 5.74) is 10.8. The van der Waals surface area contributed by atoms with Crippen LogP contribution in [-0.2, 0) is 26.0 Å². The van der Waals surface area contributed by atoms with Crippen molar-refractivity contribution in [1.82, 2.24) is 9.62 Å². The van der Waals surface area contributed by atoms with Crippen LogP contribution >= 0.6 is 0 Å². The molecule has 2 aliphatic heterocycles. The molecule has 0 radical (unpaired) electrons. The first-order chi connectivity index (χ1) is 16.5. The fraction of sp³-hybridized carbons (Fsp3) is 0.609. The molecule has 12 heteroatoms. The number of carboxylic acid groups (broad SMARTS) is 1. The lowest BCUT2D eigenvalue weighted by molar-refractivity contribution is -0.161. The number of amides is 1. The number of fused-ring (bicyclic) bond motifs is 1. The van der Waals surface area contributed by atoms with Gasteiger partial charge in [0.1, 0.15) is 16.5 Å². The molecular weight excluding hydrogens is 472 g/mol. The van der Waals surface area contributed by atoms with E-state index in [0.29, 0.717) is 43.8 Å². The number of carboxylic acids is 1. The summed E-state index contributed by atoms with van der Waals surface area (Å²) in [6.45, 7) is 4.69. The summed E-state index contributed by atoms with van der Waals surface area (Å²) in [5.74, 6) is -1.40. The Labute approximate surface area is 206 Å². The number of guanidine groups is 1. The van der Waals surface area contributed by atoms with E-state index in [1.807, 2.05) is 6.07 Å². The summed E-state index contributed by atoms with van der Waals surface area (Å²) < 4.78 is 29.6. The number of para-hydroxylation sites is 1. The first-order valence-corrected chi connectivity index (χ1v) is 13.4. The number of carbonyl (C=O) groups excluding carboxylic acids is 1. The second-order valence-corrected chi connectivity index (χ2v) is 11.3. The van der Waals surface area contributed by atoms with Gasteiger partial charge >= 0.3 is 5.97 Å². The second kappa shape index (κ2) is 10.8. The zero-order valence-corrected chi connectivity index (χ0v) is 21.1. The minimum atomic E-state index is -4.11. The van der Waals surface area contributed by atoms with Crippen LogP contribution in [0.5, 0.6) is 0 Å². The third-order valence-corrected chi connectivity index (χ3v) is 8.27. The minimum Gasteiger partial charge on any atom is -0.480 e. The molecule has 1 saturated heterocycles. The molecule has 194 valence electrons. The van der Waals surface area contributed by atoms with Crippen molar-refractivity contribution >= 4 is 33.5 Å². The van der Waals surface area contributed by atoms with Crippen LogP contribution < -0.4 is 21.5 Å². The average Bonchev–Trinajstić information content (AvgIpc) is 2.80. The molecule has 1 fully saturated rings. The molecule has 11 nitrogen and oxygen atoms in total. The van der Waals surface area contributed by atoms with Gasteiger partial charge in [0.25, 0.3) is 0 Å². The fourth-order valence-corrected chi connectivity index (χ4v) is 6.22. The summed E-state index contributed by atoms with van der Waals surface area (Å²) in [6.07, 6.45) is 2.81. The van der Waals surface area contributed by atoms with Gasteiger partial charge in [-0.2, -0.15) is 4.72 Å². The van der Waals surface area contributed by atoms with E-state index in [-0.39, 0.29) is 30.4 Å². The number of piperidine rings is 1. The van der Waals surface area contributed by atoms with Crippen molar-refractivity contribution < 1.29 is 23.1 Å². The van der Waals surface area contributed by atoms with E-state index in [2.05, 4.69) is 22.0 Å². The molecule has 0 aromatic heterocycles. The molecule has 1 aromatic carbocycles. The molecule has 2 aliphatic rings. The van der Waals surface area contributed by atoms with E-state index in [1.165, 1.54) is 17.9 Å². The molecule has 0 bridgehead atoms. The first-order valence-electron chi connectivity index (χ1n) is 11.9. The van der Waals surface area contributed by atoms with Gasteiger partial charge in [-0.1, -0.05) is 19.1 Å². The van der Waals surface area contributed by atoms with Crippen molar-refractivity contribution in [3.8, 4) is 0 Å². The summed E-state index contributed by atoms with van der Waals surface area (Å²) in [6, 6.07) is 3.92. The third-order valence-electron chi connectivity index (χ3n) is 6.76. The Hall–Kier alpha value is -2.86. The van der Waals surface area contributed by atoms with Gasteiger partial charge < -0.3 is 26.8 Å². The number of likely N-dealkylation sites (tertiary alicyclic amines) is 1. The van der Waals surface area contributed by atoms with Crippen LogP contribution in [0.4, 0.5) is 5.69 Å². The number of aliphatic carboxylic acids is 1. The molecule has 7 N–H and O–H groups in total. The van der Waals surface area contributed by atoms with E-state index < -0.39 is 33.5 Å². The Morgan fingerprint density at radius 2 is 2.09 bits per heavy atom. The highest BCUT2D eigenvalue weighted by atomic mass is 32.2. The Balaban J connectivity index is 1.91. The topological polar surface area (TPSA) is 180 Å². The van der Waals surface area contributed by atoms with Crippen molar-refractivity contribution in [3.63, 3.8) is 0 Å². The molecule has 2 unspecified atom stereocenters. The van der Waals surface area contributed by atoms with Crippen LogP contribution in [0.15, 0.2) is 28.1 Å². The average molecular weight is 509 g/mol. The minimum absolute atomic E-state index is 0.0727. The maximum atomic E-state index is 13.6. The van der Waals surface area contributed by atoms with E-state index in [4.69, 9.17) is 11.5 Å². The zero-order valence-electron chi connectivity index (χ0n) is 20.3. The summed E-state index contributed by atoms with van der Waals surface area (Å²) in [4.78, 5) is 31.0. The van der Waals surface area contributed by atoms with Crippen LogP contribution in [0.25, 0.3) is 0 Å².